The predicted octanol–water partition coefficient (Wildman–Crippen LogP) is 0.473. The monoisotopic (exact) mass is 335 g/mol. The number of esters is 1. The Kier molecular flexibility index (Phi) is 11.9. The maximum atomic E-state index is 11.6. The van der Waals surface area contributed by atoms with Crippen molar-refractivity contribution in [3.63, 3.8) is 0 Å². The Morgan fingerprint density at radius 2 is 1.95 bits per heavy atom. The van der Waals surface area contributed by atoms with Crippen LogP contribution in [0.4, 0.5) is 0 Å². The molecule has 132 valence electrons. The highest BCUT2D eigenvalue weighted by atomic mass is 32.2. The quantitative estimate of drug-likeness (QED) is 0.423. The van der Waals surface area contributed by atoms with E-state index in [1.807, 2.05) is 20.9 Å². The van der Waals surface area contributed by atoms with Crippen LogP contribution >= 0.6 is 11.8 Å². The molecule has 6 nitrogen and oxygen atoms in total. The Hall–Kier alpha value is -0.340. The number of hydrogen-bond donors (Lipinski definition) is 3. The lowest BCUT2D eigenvalue weighted by atomic mass is 10.0. The summed E-state index contributed by atoms with van der Waals surface area (Å²) in [5, 5.41) is 9.87. The van der Waals surface area contributed by atoms with Crippen LogP contribution in [0.2, 0.25) is 0 Å². The SMILES string of the molecule is CNCC(=O)OC(C)(C)CC(CNCC(COC)NC)SC. The zero-order valence-corrected chi connectivity index (χ0v) is 15.6. The summed E-state index contributed by atoms with van der Waals surface area (Å²) in [5.41, 5.74) is -0.460. The fourth-order valence-corrected chi connectivity index (χ4v) is 3.03. The van der Waals surface area contributed by atoms with E-state index in [2.05, 4.69) is 22.2 Å². The average Bonchev–Trinajstić information content (AvgIpc) is 2.44. The molecule has 2 atom stereocenters. The molecule has 0 heterocycles. The number of carbonyl (C=O) groups is 1. The van der Waals surface area contributed by atoms with Crippen LogP contribution in [0.3, 0.4) is 0 Å². The van der Waals surface area contributed by atoms with Crippen LogP contribution in [-0.4, -0.2) is 76.6 Å². The molecule has 0 saturated carbocycles. The zero-order valence-electron chi connectivity index (χ0n) is 14.8. The van der Waals surface area contributed by atoms with Crippen molar-refractivity contribution in [1.82, 2.24) is 16.0 Å². The molecule has 22 heavy (non-hydrogen) atoms. The van der Waals surface area contributed by atoms with Gasteiger partial charge in [0.2, 0.25) is 0 Å². The van der Waals surface area contributed by atoms with E-state index in [4.69, 9.17) is 9.47 Å². The van der Waals surface area contributed by atoms with Gasteiger partial charge in [-0.25, -0.2) is 0 Å². The van der Waals surface area contributed by atoms with Crippen LogP contribution in [0, 0.1) is 0 Å². The molecule has 2 unspecified atom stereocenters. The largest absolute Gasteiger partial charge is 0.459 e. The molecule has 0 saturated heterocycles. The fourth-order valence-electron chi connectivity index (χ4n) is 2.18. The fraction of sp³-hybridized carbons (Fsp3) is 0.933. The number of carbonyl (C=O) groups excluding carboxylic acids is 1. The van der Waals surface area contributed by atoms with Gasteiger partial charge in [-0.15, -0.1) is 0 Å². The van der Waals surface area contributed by atoms with Crippen molar-refractivity contribution in [2.45, 2.75) is 37.2 Å². The van der Waals surface area contributed by atoms with Gasteiger partial charge in [-0.2, -0.15) is 11.8 Å². The Bertz CT molecular complexity index is 304. The lowest BCUT2D eigenvalue weighted by Crippen LogP contribution is -2.43. The minimum atomic E-state index is -0.460. The second-order valence-electron chi connectivity index (χ2n) is 5.93. The van der Waals surface area contributed by atoms with Crippen molar-refractivity contribution in [2.75, 3.05) is 53.7 Å². The summed E-state index contributed by atoms with van der Waals surface area (Å²) in [6.45, 7) is 6.57. The summed E-state index contributed by atoms with van der Waals surface area (Å²) in [4.78, 5) is 11.6. The molecule has 0 rings (SSSR count). The van der Waals surface area contributed by atoms with E-state index in [9.17, 15) is 4.79 Å². The third-order valence-corrected chi connectivity index (χ3v) is 4.30. The van der Waals surface area contributed by atoms with Crippen LogP contribution < -0.4 is 16.0 Å². The third kappa shape index (κ3) is 10.4. The minimum Gasteiger partial charge on any atom is -0.459 e. The molecule has 0 amide bonds. The molecular weight excluding hydrogens is 302 g/mol. The highest BCUT2D eigenvalue weighted by Crippen LogP contribution is 2.23. The minimum absolute atomic E-state index is 0.212. The van der Waals surface area contributed by atoms with E-state index >= 15 is 0 Å². The van der Waals surface area contributed by atoms with Gasteiger partial charge in [-0.3, -0.25) is 4.79 Å². The topological polar surface area (TPSA) is 71.6 Å². The van der Waals surface area contributed by atoms with Gasteiger partial charge in [0.25, 0.3) is 0 Å². The van der Waals surface area contributed by atoms with E-state index in [0.717, 1.165) is 19.5 Å². The third-order valence-electron chi connectivity index (χ3n) is 3.30. The van der Waals surface area contributed by atoms with Crippen LogP contribution in [0.5, 0.6) is 0 Å². The molecule has 3 N–H and O–H groups in total. The van der Waals surface area contributed by atoms with E-state index in [-0.39, 0.29) is 12.5 Å². The molecular formula is C15H33N3O3S. The van der Waals surface area contributed by atoms with Crippen molar-refractivity contribution in [1.29, 1.82) is 0 Å². The molecule has 0 aromatic rings. The molecule has 0 aliphatic heterocycles. The number of rotatable bonds is 13. The van der Waals surface area contributed by atoms with Gasteiger partial charge in [0.15, 0.2) is 0 Å². The Labute approximate surface area is 139 Å². The summed E-state index contributed by atoms with van der Waals surface area (Å²) in [6.07, 6.45) is 2.90. The molecule has 0 bridgehead atoms. The molecule has 0 spiro atoms. The van der Waals surface area contributed by atoms with Crippen molar-refractivity contribution < 1.29 is 14.3 Å². The van der Waals surface area contributed by atoms with Gasteiger partial charge >= 0.3 is 5.97 Å². The van der Waals surface area contributed by atoms with Crippen molar-refractivity contribution >= 4 is 17.7 Å². The second kappa shape index (κ2) is 12.1. The first-order valence-corrected chi connectivity index (χ1v) is 8.93. The second-order valence-corrected chi connectivity index (χ2v) is 7.06. The number of nitrogens with one attached hydrogen (secondary N) is 3. The molecule has 7 heteroatoms. The Morgan fingerprint density at radius 1 is 1.27 bits per heavy atom. The van der Waals surface area contributed by atoms with E-state index in [0.29, 0.717) is 17.9 Å². The van der Waals surface area contributed by atoms with Crippen LogP contribution in [-0.2, 0) is 14.3 Å². The van der Waals surface area contributed by atoms with E-state index in [1.165, 1.54) is 0 Å². The number of ether oxygens (including phenoxy) is 2. The summed E-state index contributed by atoms with van der Waals surface area (Å²) < 4.78 is 10.7. The average molecular weight is 336 g/mol. The van der Waals surface area contributed by atoms with Gasteiger partial charge in [-0.1, -0.05) is 0 Å². The van der Waals surface area contributed by atoms with Gasteiger partial charge in [-0.05, 0) is 40.6 Å². The number of methoxy groups -OCH3 is 1. The van der Waals surface area contributed by atoms with Gasteiger partial charge in [0.1, 0.15) is 5.60 Å². The van der Waals surface area contributed by atoms with Gasteiger partial charge in [0, 0.05) is 31.5 Å². The Balaban J connectivity index is 4.20. The standard InChI is InChI=1S/C15H33N3O3S/c1-15(2,21-14(19)10-16-3)7-13(22-6)9-18-8-12(17-4)11-20-5/h12-13,16-18H,7-11H2,1-6H3. The summed E-state index contributed by atoms with van der Waals surface area (Å²) in [5.74, 6) is -0.212. The highest BCUT2D eigenvalue weighted by Gasteiger charge is 2.26. The lowest BCUT2D eigenvalue weighted by Gasteiger charge is -2.29. The van der Waals surface area contributed by atoms with Crippen molar-refractivity contribution in [3.05, 3.63) is 0 Å². The van der Waals surface area contributed by atoms with E-state index < -0.39 is 5.60 Å². The molecule has 0 aliphatic carbocycles. The number of hydrogen-bond acceptors (Lipinski definition) is 7. The lowest BCUT2D eigenvalue weighted by molar-refractivity contribution is -0.155. The van der Waals surface area contributed by atoms with Gasteiger partial charge < -0.3 is 25.4 Å². The smallest absolute Gasteiger partial charge is 0.320 e. The summed E-state index contributed by atoms with van der Waals surface area (Å²) in [7, 11) is 5.37. The first kappa shape index (κ1) is 21.7. The summed E-state index contributed by atoms with van der Waals surface area (Å²) in [6, 6.07) is 0.300. The van der Waals surface area contributed by atoms with Crippen LogP contribution in [0.25, 0.3) is 0 Å². The Morgan fingerprint density at radius 3 is 2.45 bits per heavy atom. The summed E-state index contributed by atoms with van der Waals surface area (Å²) >= 11 is 1.79. The van der Waals surface area contributed by atoms with Crippen LogP contribution in [0.1, 0.15) is 20.3 Å². The first-order valence-electron chi connectivity index (χ1n) is 7.64. The normalized spacial score (nSPS) is 14.6. The molecule has 0 aliphatic rings. The first-order chi connectivity index (χ1) is 10.4. The number of likely N-dealkylation sites (N-methyl/N-ethyl adjacent to an activating group) is 2. The predicted molar refractivity (Wildman–Crippen MR) is 93.6 cm³/mol. The van der Waals surface area contributed by atoms with Crippen LogP contribution in [0.15, 0.2) is 0 Å². The highest BCUT2D eigenvalue weighted by molar-refractivity contribution is 7.99. The molecule has 0 radical (unpaired) electrons. The molecule has 0 aromatic heterocycles. The maximum Gasteiger partial charge on any atom is 0.320 e. The molecule has 0 aromatic carbocycles. The van der Waals surface area contributed by atoms with E-state index in [1.54, 1.807) is 25.9 Å². The zero-order chi connectivity index (χ0) is 17.0. The number of thioether (sulfide) groups is 1. The van der Waals surface area contributed by atoms with Gasteiger partial charge in [0.05, 0.1) is 13.2 Å². The maximum absolute atomic E-state index is 11.6. The van der Waals surface area contributed by atoms with Crippen molar-refractivity contribution in [3.8, 4) is 0 Å². The molecule has 0 fully saturated rings. The van der Waals surface area contributed by atoms with Crippen molar-refractivity contribution in [2.24, 2.45) is 0 Å².